The van der Waals surface area contributed by atoms with E-state index in [0.29, 0.717) is 36.9 Å². The number of carboxylic acid groups (broad SMARTS) is 1. The van der Waals surface area contributed by atoms with Crippen molar-refractivity contribution in [3.05, 3.63) is 47.2 Å². The molecule has 2 atom stereocenters. The summed E-state index contributed by atoms with van der Waals surface area (Å²) in [7, 11) is 0. The van der Waals surface area contributed by atoms with Gasteiger partial charge in [0.05, 0.1) is 36.8 Å². The normalized spacial score (nSPS) is 19.6. The third-order valence-electron chi connectivity index (χ3n) is 6.30. The topological polar surface area (TPSA) is 123 Å². The molecule has 1 aromatic heterocycles. The summed E-state index contributed by atoms with van der Waals surface area (Å²) in [6, 6.07) is 11.1. The van der Waals surface area contributed by atoms with Crippen LogP contribution in [0.15, 0.2) is 35.5 Å². The lowest BCUT2D eigenvalue weighted by Gasteiger charge is -2.45. The molecule has 1 saturated heterocycles. The van der Waals surface area contributed by atoms with Crippen molar-refractivity contribution in [1.82, 2.24) is 19.8 Å². The summed E-state index contributed by atoms with van der Waals surface area (Å²) in [5.41, 5.74) is 2.54. The van der Waals surface area contributed by atoms with Crippen LogP contribution in [0.3, 0.4) is 0 Å². The average molecular weight is 497 g/mol. The fourth-order valence-electron chi connectivity index (χ4n) is 4.65. The van der Waals surface area contributed by atoms with Crippen LogP contribution in [-0.4, -0.2) is 75.0 Å². The fourth-order valence-corrected chi connectivity index (χ4v) is 5.03. The molecular weight excluding hydrogens is 468 g/mol. The maximum absolute atomic E-state index is 13.0. The Kier molecular flexibility index (Phi) is 7.60. The molecule has 2 aliphatic heterocycles. The van der Waals surface area contributed by atoms with E-state index < -0.39 is 12.2 Å². The van der Waals surface area contributed by atoms with Crippen LogP contribution < -0.4 is 4.90 Å². The molecule has 2 aromatic rings. The zero-order valence-corrected chi connectivity index (χ0v) is 20.6. The Morgan fingerprint density at radius 1 is 1.26 bits per heavy atom. The van der Waals surface area contributed by atoms with Gasteiger partial charge in [-0.05, 0) is 25.2 Å². The van der Waals surface area contributed by atoms with Crippen LogP contribution in [0.1, 0.15) is 30.2 Å². The second-order valence-corrected chi connectivity index (χ2v) is 9.40. The lowest BCUT2D eigenvalue weighted by Crippen LogP contribution is -2.60. The maximum atomic E-state index is 13.0. The molecule has 2 aliphatic rings. The SMILES string of the molecule is CSc1nc2c(c(N3C[C@H](CC#N)N(C(=O)OCc4ccccc4)[C@H](C)C3)n1)CCN(C(=O)O)C2. The molecule has 1 aromatic carbocycles. The molecule has 11 heteroatoms. The Morgan fingerprint density at radius 3 is 2.71 bits per heavy atom. The van der Waals surface area contributed by atoms with Crippen molar-refractivity contribution in [1.29, 1.82) is 5.26 Å². The summed E-state index contributed by atoms with van der Waals surface area (Å²) in [6.07, 6.45) is 1.16. The number of piperazine rings is 1. The van der Waals surface area contributed by atoms with Crippen LogP contribution in [0.25, 0.3) is 0 Å². The van der Waals surface area contributed by atoms with Crippen LogP contribution in [0.2, 0.25) is 0 Å². The largest absolute Gasteiger partial charge is 0.465 e. The number of ether oxygens (including phenoxy) is 1. The summed E-state index contributed by atoms with van der Waals surface area (Å²) in [4.78, 5) is 39.0. The van der Waals surface area contributed by atoms with Crippen molar-refractivity contribution < 1.29 is 19.4 Å². The van der Waals surface area contributed by atoms with Crippen molar-refractivity contribution in [3.8, 4) is 6.07 Å². The van der Waals surface area contributed by atoms with Gasteiger partial charge in [0.1, 0.15) is 12.4 Å². The van der Waals surface area contributed by atoms with Gasteiger partial charge in [-0.15, -0.1) is 0 Å². The predicted octanol–water partition coefficient (Wildman–Crippen LogP) is 3.36. The number of nitrogens with zero attached hydrogens (tertiary/aromatic N) is 6. The number of hydrogen-bond acceptors (Lipinski definition) is 8. The van der Waals surface area contributed by atoms with E-state index in [1.807, 2.05) is 43.5 Å². The highest BCUT2D eigenvalue weighted by atomic mass is 32.2. The van der Waals surface area contributed by atoms with Gasteiger partial charge in [0.15, 0.2) is 5.16 Å². The molecular formula is C24H28N6O4S. The van der Waals surface area contributed by atoms with E-state index in [4.69, 9.17) is 9.72 Å². The number of amides is 2. The number of nitriles is 1. The van der Waals surface area contributed by atoms with Gasteiger partial charge in [0, 0.05) is 25.2 Å². The molecule has 3 heterocycles. The van der Waals surface area contributed by atoms with Gasteiger partial charge in [-0.1, -0.05) is 42.1 Å². The standard InChI is InChI=1S/C24H28N6O4S/c1-16-12-29(21-19-9-11-28(23(31)32)14-20(19)26-22(27-21)35-2)13-18(8-10-25)30(16)24(33)34-15-17-6-4-3-5-7-17/h3-7,16,18H,8-9,11-15H2,1-2H3,(H,31,32)/t16-,18+/m1/s1. The van der Waals surface area contributed by atoms with Crippen molar-refractivity contribution in [2.45, 2.75) is 50.2 Å². The summed E-state index contributed by atoms with van der Waals surface area (Å²) in [6.45, 7) is 3.65. The fraction of sp³-hybridized carbons (Fsp3) is 0.458. The first-order valence-corrected chi connectivity index (χ1v) is 12.7. The smallest absolute Gasteiger partial charge is 0.410 e. The van der Waals surface area contributed by atoms with Gasteiger partial charge in [-0.2, -0.15) is 5.26 Å². The highest BCUT2D eigenvalue weighted by molar-refractivity contribution is 7.98. The second-order valence-electron chi connectivity index (χ2n) is 8.63. The molecule has 0 radical (unpaired) electrons. The van der Waals surface area contributed by atoms with Crippen LogP contribution in [0, 0.1) is 11.3 Å². The summed E-state index contributed by atoms with van der Waals surface area (Å²) in [5.74, 6) is 0.761. The molecule has 1 N–H and O–H groups in total. The first kappa shape index (κ1) is 24.6. The van der Waals surface area contributed by atoms with E-state index in [1.54, 1.807) is 4.90 Å². The first-order valence-electron chi connectivity index (χ1n) is 11.4. The number of aromatic nitrogens is 2. The number of fused-ring (bicyclic) bond motifs is 1. The molecule has 0 spiro atoms. The number of carbonyl (C=O) groups is 2. The van der Waals surface area contributed by atoms with Gasteiger partial charge in [-0.25, -0.2) is 19.6 Å². The third kappa shape index (κ3) is 5.43. The minimum Gasteiger partial charge on any atom is -0.465 e. The number of hydrogen-bond donors (Lipinski definition) is 1. The molecule has 2 amide bonds. The molecule has 0 bridgehead atoms. The second kappa shape index (κ2) is 10.8. The Morgan fingerprint density at radius 2 is 2.03 bits per heavy atom. The summed E-state index contributed by atoms with van der Waals surface area (Å²) in [5, 5.41) is 19.5. The molecule has 184 valence electrons. The number of carbonyl (C=O) groups excluding carboxylic acids is 1. The van der Waals surface area contributed by atoms with Crippen LogP contribution in [0.4, 0.5) is 15.4 Å². The molecule has 4 rings (SSSR count). The first-order chi connectivity index (χ1) is 16.9. The minimum absolute atomic E-state index is 0.163. The molecule has 0 unspecified atom stereocenters. The highest BCUT2D eigenvalue weighted by Crippen LogP contribution is 2.32. The number of anilines is 1. The Balaban J connectivity index is 1.56. The van der Waals surface area contributed by atoms with E-state index >= 15 is 0 Å². The van der Waals surface area contributed by atoms with E-state index in [2.05, 4.69) is 16.0 Å². The molecule has 0 aliphatic carbocycles. The molecule has 0 saturated carbocycles. The van der Waals surface area contributed by atoms with Crippen molar-refractivity contribution in [2.24, 2.45) is 0 Å². The molecule has 10 nitrogen and oxygen atoms in total. The van der Waals surface area contributed by atoms with Crippen LogP contribution >= 0.6 is 11.8 Å². The maximum Gasteiger partial charge on any atom is 0.410 e. The number of benzene rings is 1. The van der Waals surface area contributed by atoms with Gasteiger partial charge in [0.2, 0.25) is 0 Å². The zero-order chi connectivity index (χ0) is 24.9. The van der Waals surface area contributed by atoms with Gasteiger partial charge >= 0.3 is 12.2 Å². The van der Waals surface area contributed by atoms with Crippen molar-refractivity contribution in [2.75, 3.05) is 30.8 Å². The van der Waals surface area contributed by atoms with E-state index in [0.717, 1.165) is 16.9 Å². The average Bonchev–Trinajstić information content (AvgIpc) is 2.86. The molecule has 35 heavy (non-hydrogen) atoms. The van der Waals surface area contributed by atoms with Crippen molar-refractivity contribution in [3.63, 3.8) is 0 Å². The summed E-state index contributed by atoms with van der Waals surface area (Å²) >= 11 is 1.40. The van der Waals surface area contributed by atoms with Crippen LogP contribution in [0.5, 0.6) is 0 Å². The summed E-state index contributed by atoms with van der Waals surface area (Å²) < 4.78 is 5.59. The third-order valence-corrected chi connectivity index (χ3v) is 6.85. The Bertz CT molecular complexity index is 1120. The Hall–Kier alpha value is -3.52. The highest BCUT2D eigenvalue weighted by Gasteiger charge is 2.38. The number of rotatable bonds is 5. The Labute approximate surface area is 208 Å². The van der Waals surface area contributed by atoms with E-state index in [-0.39, 0.29) is 31.7 Å². The molecule has 1 fully saturated rings. The van der Waals surface area contributed by atoms with E-state index in [9.17, 15) is 20.0 Å². The van der Waals surface area contributed by atoms with Crippen molar-refractivity contribution >= 4 is 29.8 Å². The van der Waals surface area contributed by atoms with Gasteiger partial charge in [-0.3, -0.25) is 4.90 Å². The zero-order valence-electron chi connectivity index (χ0n) is 19.8. The predicted molar refractivity (Wildman–Crippen MR) is 130 cm³/mol. The van der Waals surface area contributed by atoms with E-state index in [1.165, 1.54) is 16.7 Å². The van der Waals surface area contributed by atoms with Gasteiger partial charge < -0.3 is 19.6 Å². The lowest BCUT2D eigenvalue weighted by atomic mass is 10.0. The van der Waals surface area contributed by atoms with Gasteiger partial charge in [0.25, 0.3) is 0 Å². The number of thioether (sulfide) groups is 1. The van der Waals surface area contributed by atoms with Crippen LogP contribution in [-0.2, 0) is 24.3 Å². The minimum atomic E-state index is -0.966. The monoisotopic (exact) mass is 496 g/mol. The quantitative estimate of drug-likeness (QED) is 0.490. The lowest BCUT2D eigenvalue weighted by molar-refractivity contribution is 0.0581.